The van der Waals surface area contributed by atoms with Crippen LogP contribution in [0.25, 0.3) is 0 Å². The smallest absolute Gasteiger partial charge is 0.274 e. The Hall–Kier alpha value is -2.90. The summed E-state index contributed by atoms with van der Waals surface area (Å²) in [6.45, 7) is 3.53. The van der Waals surface area contributed by atoms with E-state index in [4.69, 9.17) is 0 Å². The molecule has 2 rings (SSSR count). The molecule has 2 aromatic rings. The molecule has 0 atom stereocenters. The molecule has 0 spiro atoms. The van der Waals surface area contributed by atoms with Crippen molar-refractivity contribution >= 4 is 17.5 Å². The summed E-state index contributed by atoms with van der Waals surface area (Å²) in [6, 6.07) is 5.60. The van der Waals surface area contributed by atoms with Gasteiger partial charge in [-0.2, -0.15) is 0 Å². The Morgan fingerprint density at radius 1 is 0.958 bits per heavy atom. The molecule has 5 nitrogen and oxygen atoms in total. The average Bonchev–Trinajstić information content (AvgIpc) is 2.55. The first-order valence-electron chi connectivity index (χ1n) is 7.02. The summed E-state index contributed by atoms with van der Waals surface area (Å²) in [5, 5.41) is 4.70. The van der Waals surface area contributed by atoms with Crippen LogP contribution in [0.5, 0.6) is 0 Å². The SMILES string of the molecule is CC(C)NC(=O)c1cccc(C(=O)Nc2ccc(F)c(F)c2F)n1. The van der Waals surface area contributed by atoms with Crippen LogP contribution < -0.4 is 10.6 Å². The third-order valence-electron chi connectivity index (χ3n) is 2.92. The van der Waals surface area contributed by atoms with Crippen molar-refractivity contribution in [1.82, 2.24) is 10.3 Å². The number of aromatic nitrogens is 1. The molecule has 126 valence electrons. The van der Waals surface area contributed by atoms with Crippen LogP contribution in [0, 0.1) is 17.5 Å². The largest absolute Gasteiger partial charge is 0.349 e. The highest BCUT2D eigenvalue weighted by molar-refractivity contribution is 6.03. The number of benzene rings is 1. The highest BCUT2D eigenvalue weighted by Gasteiger charge is 2.17. The number of nitrogens with zero attached hydrogens (tertiary/aromatic N) is 1. The van der Waals surface area contributed by atoms with Crippen molar-refractivity contribution in [2.45, 2.75) is 19.9 Å². The molecule has 0 aliphatic heterocycles. The van der Waals surface area contributed by atoms with E-state index in [2.05, 4.69) is 15.6 Å². The van der Waals surface area contributed by atoms with Crippen molar-refractivity contribution < 1.29 is 22.8 Å². The molecular weight excluding hydrogens is 323 g/mol. The van der Waals surface area contributed by atoms with Crippen LogP contribution in [0.1, 0.15) is 34.8 Å². The van der Waals surface area contributed by atoms with Crippen molar-refractivity contribution in [3.63, 3.8) is 0 Å². The van der Waals surface area contributed by atoms with Gasteiger partial charge < -0.3 is 10.6 Å². The summed E-state index contributed by atoms with van der Waals surface area (Å²) in [5.74, 6) is -5.91. The molecule has 1 aromatic carbocycles. The molecule has 2 N–H and O–H groups in total. The second-order valence-corrected chi connectivity index (χ2v) is 5.21. The Kier molecular flexibility index (Phi) is 5.18. The van der Waals surface area contributed by atoms with E-state index >= 15 is 0 Å². The second-order valence-electron chi connectivity index (χ2n) is 5.21. The third-order valence-corrected chi connectivity index (χ3v) is 2.92. The Morgan fingerprint density at radius 3 is 2.21 bits per heavy atom. The Balaban J connectivity index is 2.22. The van der Waals surface area contributed by atoms with Crippen LogP contribution >= 0.6 is 0 Å². The van der Waals surface area contributed by atoms with Gasteiger partial charge in [0.1, 0.15) is 11.4 Å². The van der Waals surface area contributed by atoms with Crippen molar-refractivity contribution in [2.24, 2.45) is 0 Å². The Morgan fingerprint density at radius 2 is 1.58 bits per heavy atom. The number of pyridine rings is 1. The standard InChI is InChI=1S/C16H14F3N3O2/c1-8(2)20-15(23)11-4-3-5-12(21-11)16(24)22-10-7-6-9(17)13(18)14(10)19/h3-8H,1-2H3,(H,20,23)(H,22,24). The van der Waals surface area contributed by atoms with E-state index in [0.29, 0.717) is 6.07 Å². The first-order chi connectivity index (χ1) is 11.3. The summed E-state index contributed by atoms with van der Waals surface area (Å²) >= 11 is 0. The highest BCUT2D eigenvalue weighted by atomic mass is 19.2. The molecule has 0 saturated heterocycles. The van der Waals surface area contributed by atoms with Gasteiger partial charge >= 0.3 is 0 Å². The lowest BCUT2D eigenvalue weighted by Crippen LogP contribution is -2.31. The number of hydrogen-bond donors (Lipinski definition) is 2. The number of halogens is 3. The molecule has 2 amide bonds. The normalized spacial score (nSPS) is 10.6. The summed E-state index contributed by atoms with van der Waals surface area (Å²) in [5.41, 5.74) is -0.699. The van der Waals surface area contributed by atoms with Crippen molar-refractivity contribution in [3.05, 3.63) is 59.2 Å². The third kappa shape index (κ3) is 3.89. The van der Waals surface area contributed by atoms with Crippen LogP contribution in [-0.4, -0.2) is 22.8 Å². The van der Waals surface area contributed by atoms with E-state index in [1.54, 1.807) is 13.8 Å². The Bertz CT molecular complexity index is 794. The van der Waals surface area contributed by atoms with E-state index in [1.807, 2.05) is 0 Å². The lowest BCUT2D eigenvalue weighted by atomic mass is 10.2. The molecule has 24 heavy (non-hydrogen) atoms. The molecule has 0 bridgehead atoms. The van der Waals surface area contributed by atoms with E-state index in [9.17, 15) is 22.8 Å². The maximum Gasteiger partial charge on any atom is 0.274 e. The number of nitrogens with one attached hydrogen (secondary N) is 2. The monoisotopic (exact) mass is 337 g/mol. The molecule has 0 radical (unpaired) electrons. The molecule has 8 heteroatoms. The van der Waals surface area contributed by atoms with Crippen LogP contribution in [0.2, 0.25) is 0 Å². The van der Waals surface area contributed by atoms with Gasteiger partial charge in [0.05, 0.1) is 5.69 Å². The van der Waals surface area contributed by atoms with Gasteiger partial charge in [0.2, 0.25) is 0 Å². The van der Waals surface area contributed by atoms with Gasteiger partial charge in [0, 0.05) is 6.04 Å². The molecule has 0 fully saturated rings. The van der Waals surface area contributed by atoms with Gasteiger partial charge in [-0.25, -0.2) is 18.2 Å². The lowest BCUT2D eigenvalue weighted by molar-refractivity contribution is 0.0938. The van der Waals surface area contributed by atoms with Crippen molar-refractivity contribution in [3.8, 4) is 0 Å². The van der Waals surface area contributed by atoms with E-state index in [1.165, 1.54) is 18.2 Å². The first-order valence-corrected chi connectivity index (χ1v) is 7.02. The Labute approximate surface area is 135 Å². The number of carbonyl (C=O) groups excluding carboxylic acids is 2. The summed E-state index contributed by atoms with van der Waals surface area (Å²) in [6.07, 6.45) is 0. The summed E-state index contributed by atoms with van der Waals surface area (Å²) < 4.78 is 39.6. The fourth-order valence-corrected chi connectivity index (χ4v) is 1.83. The average molecular weight is 337 g/mol. The first kappa shape index (κ1) is 17.5. The predicted octanol–water partition coefficient (Wildman–Crippen LogP) is 2.89. The minimum Gasteiger partial charge on any atom is -0.349 e. The van der Waals surface area contributed by atoms with Gasteiger partial charge in [0.15, 0.2) is 17.5 Å². The maximum atomic E-state index is 13.6. The highest BCUT2D eigenvalue weighted by Crippen LogP contribution is 2.20. The molecule has 0 aliphatic rings. The van der Waals surface area contributed by atoms with Crippen LogP contribution in [0.4, 0.5) is 18.9 Å². The number of amides is 2. The van der Waals surface area contributed by atoms with Gasteiger partial charge in [0.25, 0.3) is 11.8 Å². The number of anilines is 1. The number of hydrogen-bond acceptors (Lipinski definition) is 3. The molecule has 0 unspecified atom stereocenters. The van der Waals surface area contributed by atoms with Crippen LogP contribution in [-0.2, 0) is 0 Å². The quantitative estimate of drug-likeness (QED) is 0.843. The van der Waals surface area contributed by atoms with Crippen molar-refractivity contribution in [2.75, 3.05) is 5.32 Å². The maximum absolute atomic E-state index is 13.6. The molecular formula is C16H14F3N3O2. The summed E-state index contributed by atoms with van der Waals surface area (Å²) in [7, 11) is 0. The fraction of sp³-hybridized carbons (Fsp3) is 0.188. The zero-order valence-electron chi connectivity index (χ0n) is 12.9. The van der Waals surface area contributed by atoms with E-state index < -0.39 is 35.0 Å². The van der Waals surface area contributed by atoms with E-state index in [-0.39, 0.29) is 17.4 Å². The van der Waals surface area contributed by atoms with Crippen LogP contribution in [0.15, 0.2) is 30.3 Å². The molecule has 0 aliphatic carbocycles. The van der Waals surface area contributed by atoms with Gasteiger partial charge in [-0.15, -0.1) is 0 Å². The predicted molar refractivity (Wildman–Crippen MR) is 81.1 cm³/mol. The zero-order valence-corrected chi connectivity index (χ0v) is 12.9. The number of carbonyl (C=O) groups is 2. The second kappa shape index (κ2) is 7.12. The summed E-state index contributed by atoms with van der Waals surface area (Å²) in [4.78, 5) is 27.8. The van der Waals surface area contributed by atoms with Gasteiger partial charge in [-0.05, 0) is 38.1 Å². The van der Waals surface area contributed by atoms with Crippen LogP contribution in [0.3, 0.4) is 0 Å². The van der Waals surface area contributed by atoms with Crippen molar-refractivity contribution in [1.29, 1.82) is 0 Å². The topological polar surface area (TPSA) is 71.1 Å². The minimum atomic E-state index is -1.69. The van der Waals surface area contributed by atoms with Gasteiger partial charge in [-0.3, -0.25) is 9.59 Å². The minimum absolute atomic E-state index is 0.00195. The fourth-order valence-electron chi connectivity index (χ4n) is 1.83. The lowest BCUT2D eigenvalue weighted by Gasteiger charge is -2.09. The number of rotatable bonds is 4. The molecule has 1 heterocycles. The zero-order chi connectivity index (χ0) is 17.9. The van der Waals surface area contributed by atoms with Gasteiger partial charge in [-0.1, -0.05) is 6.07 Å². The molecule has 0 saturated carbocycles. The molecule has 1 aromatic heterocycles. The van der Waals surface area contributed by atoms with E-state index in [0.717, 1.165) is 6.07 Å².